The molecule has 12 heteroatoms. The molecule has 4 aliphatic rings. The molecule has 3 saturated heterocycles. The number of carbonyl (C=O) groups excluding carboxylic acids is 4. The maximum atomic E-state index is 16.2. The molecular weight excluding hydrogens is 573 g/mol. The monoisotopic (exact) mass is 617 g/mol. The number of fused-ring (bicyclic) bond motifs is 2. The van der Waals surface area contributed by atoms with Crippen LogP contribution in [0.15, 0.2) is 18.2 Å². The number of esters is 1. The molecule has 0 radical (unpaired) electrons. The van der Waals surface area contributed by atoms with Gasteiger partial charge in [0.2, 0.25) is 20.2 Å². The Morgan fingerprint density at radius 3 is 2.60 bits per heavy atom. The number of halogens is 1. The highest BCUT2D eigenvalue weighted by Crippen LogP contribution is 2.60. The second-order valence-corrected chi connectivity index (χ2v) is 16.7. The molecule has 1 aromatic rings. The molecule has 0 bridgehead atoms. The van der Waals surface area contributed by atoms with Crippen molar-refractivity contribution in [2.24, 2.45) is 5.92 Å². The van der Waals surface area contributed by atoms with Gasteiger partial charge in [0, 0.05) is 55.2 Å². The summed E-state index contributed by atoms with van der Waals surface area (Å²) in [5.74, 6) is -1.37. The standard InChI is InChI=1S/C31H44FN3O7Si/c1-20-29(43(3,4)32)25(18-27(38)34-15-7-9-22(34)19-36)42-31(20)23-17-21(33-16-8-10-26(33)37)12-13-24(23)35(30(31)40)14-6-5-11-28(39)41-2/h12-13,17,20,22,25,29,36H,5-11,14-16,18-19H2,1-4H3/t20-,22+,25+,29-,31+/m1/s1. The Balaban J connectivity index is 1.52. The molecule has 5 atom stereocenters. The zero-order valence-corrected chi connectivity index (χ0v) is 26.6. The van der Waals surface area contributed by atoms with Crippen LogP contribution >= 0.6 is 0 Å². The lowest BCUT2D eigenvalue weighted by Crippen LogP contribution is -2.45. The Bertz CT molecular complexity index is 1270. The van der Waals surface area contributed by atoms with Crippen LogP contribution in [0.5, 0.6) is 0 Å². The second kappa shape index (κ2) is 12.3. The summed E-state index contributed by atoms with van der Waals surface area (Å²) in [5.41, 5.74) is -0.228. The summed E-state index contributed by atoms with van der Waals surface area (Å²) >= 11 is 0. The molecule has 10 nitrogen and oxygen atoms in total. The number of benzene rings is 1. The van der Waals surface area contributed by atoms with Crippen molar-refractivity contribution in [3.63, 3.8) is 0 Å². The van der Waals surface area contributed by atoms with Crippen LogP contribution < -0.4 is 9.80 Å². The molecule has 0 aliphatic carbocycles. The summed E-state index contributed by atoms with van der Waals surface area (Å²) in [5, 5.41) is 9.80. The van der Waals surface area contributed by atoms with Gasteiger partial charge in [-0.05, 0) is 63.4 Å². The average Bonchev–Trinajstić information content (AvgIpc) is 3.73. The highest BCUT2D eigenvalue weighted by atomic mass is 28.4. The van der Waals surface area contributed by atoms with Gasteiger partial charge in [-0.3, -0.25) is 19.2 Å². The second-order valence-electron chi connectivity index (χ2n) is 12.9. The van der Waals surface area contributed by atoms with Crippen molar-refractivity contribution >= 4 is 43.5 Å². The van der Waals surface area contributed by atoms with Crippen molar-refractivity contribution in [3.05, 3.63) is 23.8 Å². The van der Waals surface area contributed by atoms with Crippen molar-refractivity contribution < 1.29 is 37.9 Å². The Labute approximate surface area is 253 Å². The van der Waals surface area contributed by atoms with Crippen molar-refractivity contribution in [3.8, 4) is 0 Å². The summed E-state index contributed by atoms with van der Waals surface area (Å²) in [6, 6.07) is 5.26. The summed E-state index contributed by atoms with van der Waals surface area (Å²) < 4.78 is 27.7. The molecule has 5 rings (SSSR count). The van der Waals surface area contributed by atoms with E-state index in [1.807, 2.05) is 25.1 Å². The molecule has 1 spiro atoms. The number of nitrogens with zero attached hydrogens (tertiary/aromatic N) is 3. The lowest BCUT2D eigenvalue weighted by atomic mass is 9.82. The van der Waals surface area contributed by atoms with Crippen LogP contribution in [0, 0.1) is 5.92 Å². The molecule has 4 aliphatic heterocycles. The number of likely N-dealkylation sites (tertiary alicyclic amines) is 1. The van der Waals surface area contributed by atoms with E-state index in [4.69, 9.17) is 9.47 Å². The third-order valence-corrected chi connectivity index (χ3v) is 12.3. The van der Waals surface area contributed by atoms with Gasteiger partial charge in [-0.1, -0.05) is 6.92 Å². The minimum absolute atomic E-state index is 0.0149. The van der Waals surface area contributed by atoms with Gasteiger partial charge in [-0.2, -0.15) is 0 Å². The molecule has 0 saturated carbocycles. The number of hydrogen-bond acceptors (Lipinski definition) is 7. The first kappa shape index (κ1) is 31.6. The summed E-state index contributed by atoms with van der Waals surface area (Å²) in [7, 11) is -2.14. The van der Waals surface area contributed by atoms with E-state index in [9.17, 15) is 24.3 Å². The van der Waals surface area contributed by atoms with Crippen LogP contribution in [0.1, 0.15) is 63.9 Å². The number of anilines is 2. The maximum Gasteiger partial charge on any atom is 0.305 e. The van der Waals surface area contributed by atoms with E-state index in [2.05, 4.69) is 0 Å². The minimum Gasteiger partial charge on any atom is -0.469 e. The lowest BCUT2D eigenvalue weighted by Gasteiger charge is -2.31. The van der Waals surface area contributed by atoms with Gasteiger partial charge < -0.3 is 33.4 Å². The van der Waals surface area contributed by atoms with E-state index in [-0.39, 0.29) is 49.2 Å². The largest absolute Gasteiger partial charge is 0.469 e. The Kier molecular flexibility index (Phi) is 9.02. The van der Waals surface area contributed by atoms with Crippen molar-refractivity contribution in [2.45, 2.75) is 94.7 Å². The molecule has 1 aromatic carbocycles. The highest BCUT2D eigenvalue weighted by molar-refractivity contribution is 6.72. The Morgan fingerprint density at radius 2 is 1.95 bits per heavy atom. The average molecular weight is 618 g/mol. The first-order chi connectivity index (χ1) is 20.4. The number of methoxy groups -OCH3 is 1. The fraction of sp³-hybridized carbons (Fsp3) is 0.677. The molecular formula is C31H44FN3O7Si. The third kappa shape index (κ3) is 5.61. The van der Waals surface area contributed by atoms with Gasteiger partial charge in [0.25, 0.3) is 5.91 Å². The first-order valence-electron chi connectivity index (χ1n) is 15.5. The van der Waals surface area contributed by atoms with Crippen molar-refractivity contribution in [1.29, 1.82) is 0 Å². The molecule has 3 amide bonds. The minimum atomic E-state index is -3.48. The number of aliphatic hydroxyl groups is 1. The van der Waals surface area contributed by atoms with Crippen LogP contribution in [-0.4, -0.2) is 87.6 Å². The Morgan fingerprint density at radius 1 is 1.19 bits per heavy atom. The quantitative estimate of drug-likeness (QED) is 0.184. The number of unbranched alkanes of at least 4 members (excludes halogenated alkanes) is 1. The molecule has 0 unspecified atom stereocenters. The van der Waals surface area contributed by atoms with Crippen LogP contribution in [-0.2, 0) is 34.3 Å². The van der Waals surface area contributed by atoms with Gasteiger partial charge in [-0.25, -0.2) is 0 Å². The van der Waals surface area contributed by atoms with Crippen LogP contribution in [0.4, 0.5) is 15.5 Å². The zero-order valence-electron chi connectivity index (χ0n) is 25.6. The van der Waals surface area contributed by atoms with E-state index >= 15 is 4.11 Å². The predicted molar refractivity (Wildman–Crippen MR) is 161 cm³/mol. The van der Waals surface area contributed by atoms with Gasteiger partial charge in [0.1, 0.15) is 0 Å². The third-order valence-electron chi connectivity index (χ3n) is 9.85. The van der Waals surface area contributed by atoms with Crippen LogP contribution in [0.25, 0.3) is 0 Å². The summed E-state index contributed by atoms with van der Waals surface area (Å²) in [6.45, 7) is 6.38. The topological polar surface area (TPSA) is 117 Å². The van der Waals surface area contributed by atoms with E-state index in [0.717, 1.165) is 19.3 Å². The number of hydrogen-bond donors (Lipinski definition) is 1. The van der Waals surface area contributed by atoms with Crippen LogP contribution in [0.3, 0.4) is 0 Å². The van der Waals surface area contributed by atoms with E-state index in [1.54, 1.807) is 27.8 Å². The summed E-state index contributed by atoms with van der Waals surface area (Å²) in [6.07, 6.45) is 3.14. The molecule has 1 N–H and O–H groups in total. The van der Waals surface area contributed by atoms with Gasteiger partial charge in [0.05, 0.1) is 38.0 Å². The maximum absolute atomic E-state index is 16.2. The zero-order chi connectivity index (χ0) is 31.1. The first-order valence-corrected chi connectivity index (χ1v) is 18.5. The van der Waals surface area contributed by atoms with Crippen molar-refractivity contribution in [2.75, 3.05) is 43.2 Å². The number of carbonyl (C=O) groups is 4. The molecule has 43 heavy (non-hydrogen) atoms. The number of ether oxygens (including phenoxy) is 2. The fourth-order valence-corrected chi connectivity index (χ4v) is 10.3. The fourth-order valence-electron chi connectivity index (χ4n) is 7.83. The lowest BCUT2D eigenvalue weighted by molar-refractivity contribution is -0.150. The van der Waals surface area contributed by atoms with Crippen LogP contribution in [0.2, 0.25) is 18.6 Å². The Hall–Kier alpha value is -2.83. The molecule has 4 heterocycles. The number of aliphatic hydroxyl groups excluding tert-OH is 1. The van der Waals surface area contributed by atoms with E-state index < -0.39 is 31.6 Å². The van der Waals surface area contributed by atoms with Gasteiger partial charge in [-0.15, -0.1) is 0 Å². The highest BCUT2D eigenvalue weighted by Gasteiger charge is 2.67. The number of amides is 3. The molecule has 236 valence electrons. The van der Waals surface area contributed by atoms with E-state index in [1.165, 1.54) is 7.11 Å². The smallest absolute Gasteiger partial charge is 0.305 e. The molecule has 3 fully saturated rings. The molecule has 0 aromatic heterocycles. The summed E-state index contributed by atoms with van der Waals surface area (Å²) in [4.78, 5) is 57.4. The number of rotatable bonds is 10. The van der Waals surface area contributed by atoms with Gasteiger partial charge >= 0.3 is 5.97 Å². The normalized spacial score (nSPS) is 28.8. The van der Waals surface area contributed by atoms with Gasteiger partial charge in [0.15, 0.2) is 5.60 Å². The van der Waals surface area contributed by atoms with Crippen molar-refractivity contribution in [1.82, 2.24) is 4.90 Å². The van der Waals surface area contributed by atoms with E-state index in [0.29, 0.717) is 55.8 Å². The predicted octanol–water partition coefficient (Wildman–Crippen LogP) is 3.65. The SMILES string of the molecule is COC(=O)CCCCN1C(=O)[C@@]2(O[C@@H](CC(=O)N3CCC[C@H]3CO)[C@H]([Si](C)(C)F)[C@H]2C)c2cc(N3CCCC3=O)ccc21.